The lowest BCUT2D eigenvalue weighted by molar-refractivity contribution is -0.142. The molecule has 1 aliphatic rings. The second kappa shape index (κ2) is 3.59. The van der Waals surface area contributed by atoms with Crippen LogP contribution in [0.15, 0.2) is 18.2 Å². The molecule has 0 radical (unpaired) electrons. The molecule has 5 N–H and O–H groups in total. The first-order valence-corrected chi connectivity index (χ1v) is 4.92. The van der Waals surface area contributed by atoms with Crippen LogP contribution < -0.4 is 11.2 Å². The first-order valence-electron chi connectivity index (χ1n) is 4.92. The summed E-state index contributed by atoms with van der Waals surface area (Å²) in [7, 11) is -1.54. The van der Waals surface area contributed by atoms with E-state index in [2.05, 4.69) is 0 Å². The van der Waals surface area contributed by atoms with Gasteiger partial charge in [-0.2, -0.15) is 0 Å². The highest BCUT2D eigenvalue weighted by atomic mass is 16.4. The number of fused-ring (bicyclic) bond motifs is 1. The van der Waals surface area contributed by atoms with Gasteiger partial charge in [0.05, 0.1) is 0 Å². The van der Waals surface area contributed by atoms with E-state index < -0.39 is 18.6 Å². The molecule has 0 saturated heterocycles. The maximum atomic E-state index is 11.0. The summed E-state index contributed by atoms with van der Waals surface area (Å²) in [5.41, 5.74) is 6.48. The van der Waals surface area contributed by atoms with Crippen LogP contribution in [0, 0.1) is 0 Å². The van der Waals surface area contributed by atoms with Crippen LogP contribution >= 0.6 is 0 Å². The standard InChI is InChI=1S/C10H12BNO4/c12-10(9(13)14)4-6-1-2-8(11(15)16)3-7(6)5-10/h1-3,15-16H,4-5,12H2,(H,13,14). The third-order valence-electron chi connectivity index (χ3n) is 2.97. The van der Waals surface area contributed by atoms with Gasteiger partial charge in [-0.05, 0) is 16.6 Å². The van der Waals surface area contributed by atoms with Gasteiger partial charge in [-0.15, -0.1) is 0 Å². The van der Waals surface area contributed by atoms with Gasteiger partial charge in [0.2, 0.25) is 0 Å². The predicted octanol–water partition coefficient (Wildman–Crippen LogP) is -1.75. The van der Waals surface area contributed by atoms with Crippen LogP contribution in [-0.2, 0) is 17.6 Å². The van der Waals surface area contributed by atoms with Crippen LogP contribution in [0.4, 0.5) is 0 Å². The molecule has 1 atom stereocenters. The van der Waals surface area contributed by atoms with Gasteiger partial charge in [-0.1, -0.05) is 18.2 Å². The van der Waals surface area contributed by atoms with Gasteiger partial charge in [0.25, 0.3) is 0 Å². The molecule has 0 saturated carbocycles. The Hall–Kier alpha value is -1.37. The fraction of sp³-hybridized carbons (Fsp3) is 0.300. The van der Waals surface area contributed by atoms with Crippen LogP contribution in [0.25, 0.3) is 0 Å². The number of hydrogen-bond donors (Lipinski definition) is 4. The lowest BCUT2D eigenvalue weighted by atomic mass is 9.79. The zero-order valence-corrected chi connectivity index (χ0v) is 8.55. The number of rotatable bonds is 2. The Morgan fingerprint density at radius 2 is 1.94 bits per heavy atom. The van der Waals surface area contributed by atoms with Crippen LogP contribution in [-0.4, -0.2) is 33.8 Å². The third-order valence-corrected chi connectivity index (χ3v) is 2.97. The van der Waals surface area contributed by atoms with E-state index >= 15 is 0 Å². The minimum absolute atomic E-state index is 0.220. The number of nitrogens with two attached hydrogens (primary N) is 1. The predicted molar refractivity (Wildman–Crippen MR) is 58.2 cm³/mol. The normalized spacial score (nSPS) is 22.9. The summed E-state index contributed by atoms with van der Waals surface area (Å²) in [6.07, 6.45) is 0.498. The van der Waals surface area contributed by atoms with Gasteiger partial charge in [0.15, 0.2) is 0 Å². The molecule has 0 aliphatic heterocycles. The van der Waals surface area contributed by atoms with Crippen molar-refractivity contribution in [3.05, 3.63) is 29.3 Å². The highest BCUT2D eigenvalue weighted by molar-refractivity contribution is 6.58. The van der Waals surface area contributed by atoms with Crippen LogP contribution in [0.1, 0.15) is 11.1 Å². The summed E-state index contributed by atoms with van der Waals surface area (Å²) < 4.78 is 0. The summed E-state index contributed by atoms with van der Waals surface area (Å²) in [5, 5.41) is 27.0. The highest BCUT2D eigenvalue weighted by Crippen LogP contribution is 2.27. The summed E-state index contributed by atoms with van der Waals surface area (Å²) in [4.78, 5) is 11.0. The number of carboxylic acid groups (broad SMARTS) is 1. The summed E-state index contributed by atoms with van der Waals surface area (Å²) >= 11 is 0. The zero-order chi connectivity index (χ0) is 11.9. The monoisotopic (exact) mass is 221 g/mol. The highest BCUT2D eigenvalue weighted by Gasteiger charge is 2.40. The largest absolute Gasteiger partial charge is 0.488 e. The number of aliphatic carboxylic acids is 1. The molecule has 0 spiro atoms. The number of carboxylic acids is 1. The Balaban J connectivity index is 2.35. The van der Waals surface area contributed by atoms with Crippen LogP contribution in [0.2, 0.25) is 0 Å². The van der Waals surface area contributed by atoms with Gasteiger partial charge < -0.3 is 20.9 Å². The van der Waals surface area contributed by atoms with E-state index in [9.17, 15) is 4.79 Å². The molecule has 0 heterocycles. The molecular formula is C10H12BNO4. The smallest absolute Gasteiger partial charge is 0.480 e. The molecular weight excluding hydrogens is 209 g/mol. The lowest BCUT2D eigenvalue weighted by Gasteiger charge is -2.16. The quantitative estimate of drug-likeness (QED) is 0.443. The van der Waals surface area contributed by atoms with Crippen LogP contribution in [0.3, 0.4) is 0 Å². The Labute approximate surface area is 92.7 Å². The lowest BCUT2D eigenvalue weighted by Crippen LogP contribution is -2.48. The maximum absolute atomic E-state index is 11.0. The number of carbonyl (C=O) groups is 1. The first-order chi connectivity index (χ1) is 7.42. The number of hydrogen-bond acceptors (Lipinski definition) is 4. The third kappa shape index (κ3) is 1.71. The molecule has 0 bridgehead atoms. The average Bonchev–Trinajstić information content (AvgIpc) is 2.54. The van der Waals surface area contributed by atoms with Crippen molar-refractivity contribution in [2.75, 3.05) is 0 Å². The molecule has 16 heavy (non-hydrogen) atoms. The Morgan fingerprint density at radius 3 is 2.50 bits per heavy atom. The molecule has 5 nitrogen and oxygen atoms in total. The molecule has 0 aromatic heterocycles. The molecule has 2 rings (SSSR count). The molecule has 1 aromatic carbocycles. The Morgan fingerprint density at radius 1 is 1.31 bits per heavy atom. The van der Waals surface area contributed by atoms with Crippen molar-refractivity contribution in [3.63, 3.8) is 0 Å². The maximum Gasteiger partial charge on any atom is 0.488 e. The van der Waals surface area contributed by atoms with Gasteiger partial charge in [0, 0.05) is 12.8 Å². The van der Waals surface area contributed by atoms with E-state index in [1.807, 2.05) is 0 Å². The van der Waals surface area contributed by atoms with Crippen molar-refractivity contribution in [3.8, 4) is 0 Å². The summed E-state index contributed by atoms with van der Waals surface area (Å²) in [6.45, 7) is 0. The molecule has 1 aromatic rings. The van der Waals surface area contributed by atoms with Gasteiger partial charge in [-0.3, -0.25) is 4.79 Å². The van der Waals surface area contributed by atoms with E-state index in [1.165, 1.54) is 0 Å². The van der Waals surface area contributed by atoms with E-state index in [0.29, 0.717) is 5.46 Å². The van der Waals surface area contributed by atoms with E-state index in [-0.39, 0.29) is 12.8 Å². The minimum atomic E-state index is -1.54. The summed E-state index contributed by atoms with van der Waals surface area (Å²) in [6, 6.07) is 4.86. The second-order valence-corrected chi connectivity index (χ2v) is 4.22. The van der Waals surface area contributed by atoms with Crippen molar-refractivity contribution in [1.29, 1.82) is 0 Å². The first kappa shape index (κ1) is 11.1. The topological polar surface area (TPSA) is 104 Å². The van der Waals surface area contributed by atoms with E-state index in [0.717, 1.165) is 11.1 Å². The van der Waals surface area contributed by atoms with Crippen molar-refractivity contribution in [2.45, 2.75) is 18.4 Å². The van der Waals surface area contributed by atoms with Crippen molar-refractivity contribution in [1.82, 2.24) is 0 Å². The summed E-state index contributed by atoms with van der Waals surface area (Å²) in [5.74, 6) is -1.03. The van der Waals surface area contributed by atoms with Gasteiger partial charge in [-0.25, -0.2) is 0 Å². The zero-order valence-electron chi connectivity index (χ0n) is 8.55. The molecule has 0 amide bonds. The molecule has 1 unspecified atom stereocenters. The van der Waals surface area contributed by atoms with Gasteiger partial charge >= 0.3 is 13.1 Å². The van der Waals surface area contributed by atoms with E-state index in [4.69, 9.17) is 20.9 Å². The minimum Gasteiger partial charge on any atom is -0.480 e. The SMILES string of the molecule is NC1(C(=O)O)Cc2ccc(B(O)O)cc2C1. The molecule has 84 valence electrons. The molecule has 0 fully saturated rings. The fourth-order valence-electron chi connectivity index (χ4n) is 2.04. The van der Waals surface area contributed by atoms with Crippen molar-refractivity contribution < 1.29 is 19.9 Å². The fourth-order valence-corrected chi connectivity index (χ4v) is 2.04. The average molecular weight is 221 g/mol. The van der Waals surface area contributed by atoms with Crippen molar-refractivity contribution >= 4 is 18.6 Å². The molecule has 6 heteroatoms. The van der Waals surface area contributed by atoms with Crippen LogP contribution in [0.5, 0.6) is 0 Å². The van der Waals surface area contributed by atoms with E-state index in [1.54, 1.807) is 18.2 Å². The second-order valence-electron chi connectivity index (χ2n) is 4.22. The van der Waals surface area contributed by atoms with Gasteiger partial charge in [0.1, 0.15) is 5.54 Å². The van der Waals surface area contributed by atoms with Crippen molar-refractivity contribution in [2.24, 2.45) is 5.73 Å². The Bertz CT molecular complexity index is 448. The Kier molecular flexibility index (Phi) is 2.50. The molecule has 1 aliphatic carbocycles. The number of benzene rings is 1.